The van der Waals surface area contributed by atoms with Crippen molar-refractivity contribution in [2.75, 3.05) is 25.4 Å². The number of rotatable bonds is 6. The lowest BCUT2D eigenvalue weighted by atomic mass is 9.99. The fourth-order valence-electron chi connectivity index (χ4n) is 2.42. The van der Waals surface area contributed by atoms with Crippen LogP contribution in [0.5, 0.6) is 0 Å². The summed E-state index contributed by atoms with van der Waals surface area (Å²) in [6.07, 6.45) is 0.363. The number of carbonyl (C=O) groups is 2. The molecular weight excluding hydrogens is 308 g/mol. The van der Waals surface area contributed by atoms with Crippen molar-refractivity contribution in [3.8, 4) is 0 Å². The lowest BCUT2D eigenvalue weighted by Gasteiger charge is -2.16. The van der Waals surface area contributed by atoms with Crippen LogP contribution in [0.4, 0.5) is 0 Å². The average molecular weight is 326 g/mol. The highest BCUT2D eigenvalue weighted by atomic mass is 32.2. The van der Waals surface area contributed by atoms with Crippen molar-refractivity contribution in [2.45, 2.75) is 12.3 Å². The zero-order valence-corrected chi connectivity index (χ0v) is 12.8. The van der Waals surface area contributed by atoms with Gasteiger partial charge in [0.15, 0.2) is 0 Å². The monoisotopic (exact) mass is 326 g/mol. The van der Waals surface area contributed by atoms with Crippen LogP contribution in [-0.4, -0.2) is 55.1 Å². The van der Waals surface area contributed by atoms with Gasteiger partial charge < -0.3 is 10.2 Å². The van der Waals surface area contributed by atoms with Crippen molar-refractivity contribution in [1.29, 1.82) is 0 Å². The average Bonchev–Trinajstić information content (AvgIpc) is 2.80. The molecule has 0 bridgehead atoms. The van der Waals surface area contributed by atoms with Gasteiger partial charge in [0, 0.05) is 25.4 Å². The maximum Gasteiger partial charge on any atom is 0.266 e. The Bertz CT molecular complexity index is 644. The van der Waals surface area contributed by atoms with Crippen LogP contribution in [0.15, 0.2) is 30.3 Å². The van der Waals surface area contributed by atoms with Gasteiger partial charge in [0.05, 0.1) is 12.3 Å². The predicted octanol–water partition coefficient (Wildman–Crippen LogP) is 0.00650. The summed E-state index contributed by atoms with van der Waals surface area (Å²) < 4.78 is 29.7. The highest BCUT2D eigenvalue weighted by Crippen LogP contribution is 2.27. The molecule has 1 unspecified atom stereocenters. The van der Waals surface area contributed by atoms with Gasteiger partial charge in [-0.3, -0.25) is 14.1 Å². The molecule has 22 heavy (non-hydrogen) atoms. The van der Waals surface area contributed by atoms with Crippen LogP contribution in [-0.2, 0) is 19.7 Å². The van der Waals surface area contributed by atoms with E-state index in [-0.39, 0.29) is 24.9 Å². The topological polar surface area (TPSA) is 104 Å². The Morgan fingerprint density at radius 3 is 2.64 bits per heavy atom. The molecule has 1 saturated heterocycles. The van der Waals surface area contributed by atoms with Gasteiger partial charge in [-0.25, -0.2) is 0 Å². The first-order chi connectivity index (χ1) is 10.3. The van der Waals surface area contributed by atoms with E-state index in [4.69, 9.17) is 4.55 Å². The molecule has 7 nitrogen and oxygen atoms in total. The van der Waals surface area contributed by atoms with Gasteiger partial charge in [-0.2, -0.15) is 8.42 Å². The van der Waals surface area contributed by atoms with E-state index in [1.807, 2.05) is 30.3 Å². The molecule has 0 radical (unpaired) electrons. The maximum absolute atomic E-state index is 11.9. The Balaban J connectivity index is 1.83. The molecule has 2 amide bonds. The normalized spacial score (nSPS) is 18.5. The molecule has 120 valence electrons. The van der Waals surface area contributed by atoms with Crippen molar-refractivity contribution < 1.29 is 22.6 Å². The molecule has 0 aliphatic carbocycles. The van der Waals surface area contributed by atoms with E-state index in [1.54, 1.807) is 0 Å². The number of hydrogen-bond acceptors (Lipinski definition) is 4. The number of amides is 2. The molecule has 0 aromatic heterocycles. The van der Waals surface area contributed by atoms with Crippen LogP contribution in [0.3, 0.4) is 0 Å². The molecule has 1 fully saturated rings. The van der Waals surface area contributed by atoms with Crippen molar-refractivity contribution >= 4 is 21.9 Å². The highest BCUT2D eigenvalue weighted by Gasteiger charge is 2.31. The molecule has 2 rings (SSSR count). The Kier molecular flexibility index (Phi) is 5.15. The molecule has 8 heteroatoms. The SMILES string of the molecule is O=C(CN1CC(c2ccccc2)CC1=O)NCCS(=O)(=O)O. The fraction of sp³-hybridized carbons (Fsp3) is 0.429. The van der Waals surface area contributed by atoms with Crippen molar-refractivity contribution in [1.82, 2.24) is 10.2 Å². The van der Waals surface area contributed by atoms with E-state index in [2.05, 4.69) is 5.32 Å². The van der Waals surface area contributed by atoms with E-state index in [0.717, 1.165) is 5.56 Å². The molecule has 1 aliphatic rings. The maximum atomic E-state index is 11.9. The van der Waals surface area contributed by atoms with Crippen LogP contribution in [0.25, 0.3) is 0 Å². The molecule has 1 heterocycles. The van der Waals surface area contributed by atoms with E-state index in [9.17, 15) is 18.0 Å². The molecule has 0 spiro atoms. The Morgan fingerprint density at radius 2 is 2.00 bits per heavy atom. The Labute approximate surface area is 129 Å². The van der Waals surface area contributed by atoms with Crippen LogP contribution >= 0.6 is 0 Å². The van der Waals surface area contributed by atoms with Gasteiger partial charge >= 0.3 is 0 Å². The van der Waals surface area contributed by atoms with Gasteiger partial charge in [-0.05, 0) is 5.56 Å². The molecule has 1 aromatic carbocycles. The van der Waals surface area contributed by atoms with Crippen molar-refractivity contribution in [2.24, 2.45) is 0 Å². The molecule has 1 aromatic rings. The van der Waals surface area contributed by atoms with Crippen LogP contribution in [0, 0.1) is 0 Å². The standard InChI is InChI=1S/C14H18N2O5S/c17-13(15-6-7-22(19,20)21)10-16-9-12(8-14(16)18)11-4-2-1-3-5-11/h1-5,12H,6-10H2,(H,15,17)(H,19,20,21). The van der Waals surface area contributed by atoms with Gasteiger partial charge in [-0.15, -0.1) is 0 Å². The highest BCUT2D eigenvalue weighted by molar-refractivity contribution is 7.85. The number of carbonyl (C=O) groups excluding carboxylic acids is 2. The van der Waals surface area contributed by atoms with Gasteiger partial charge in [0.2, 0.25) is 11.8 Å². The molecule has 1 aliphatic heterocycles. The summed E-state index contributed by atoms with van der Waals surface area (Å²) in [5.41, 5.74) is 1.06. The zero-order valence-electron chi connectivity index (χ0n) is 11.9. The van der Waals surface area contributed by atoms with Crippen LogP contribution in [0.1, 0.15) is 17.9 Å². The third-order valence-electron chi connectivity index (χ3n) is 3.50. The Morgan fingerprint density at radius 1 is 1.32 bits per heavy atom. The number of nitrogens with zero attached hydrogens (tertiary/aromatic N) is 1. The second-order valence-electron chi connectivity index (χ2n) is 5.22. The quantitative estimate of drug-likeness (QED) is 0.717. The fourth-order valence-corrected chi connectivity index (χ4v) is 2.78. The number of benzene rings is 1. The summed E-state index contributed by atoms with van der Waals surface area (Å²) >= 11 is 0. The third kappa shape index (κ3) is 4.81. The summed E-state index contributed by atoms with van der Waals surface area (Å²) in [6, 6.07) is 9.62. The zero-order chi connectivity index (χ0) is 16.2. The first kappa shape index (κ1) is 16.4. The largest absolute Gasteiger partial charge is 0.353 e. The summed E-state index contributed by atoms with van der Waals surface area (Å²) in [5, 5.41) is 2.37. The summed E-state index contributed by atoms with van der Waals surface area (Å²) in [7, 11) is -4.10. The van der Waals surface area contributed by atoms with E-state index in [0.29, 0.717) is 13.0 Å². The number of likely N-dealkylation sites (tertiary alicyclic amines) is 1. The summed E-state index contributed by atoms with van der Waals surface area (Å²) in [5.74, 6) is -1.01. The lowest BCUT2D eigenvalue weighted by molar-refractivity contribution is -0.133. The van der Waals surface area contributed by atoms with Gasteiger partial charge in [0.1, 0.15) is 0 Å². The number of hydrogen-bond donors (Lipinski definition) is 2. The van der Waals surface area contributed by atoms with E-state index >= 15 is 0 Å². The summed E-state index contributed by atoms with van der Waals surface area (Å²) in [6.45, 7) is 0.185. The van der Waals surface area contributed by atoms with Crippen molar-refractivity contribution in [3.63, 3.8) is 0 Å². The predicted molar refractivity (Wildman–Crippen MR) is 79.8 cm³/mol. The number of nitrogens with one attached hydrogen (secondary N) is 1. The second kappa shape index (κ2) is 6.89. The van der Waals surface area contributed by atoms with Gasteiger partial charge in [-0.1, -0.05) is 30.3 Å². The minimum absolute atomic E-state index is 0.0688. The molecule has 0 saturated carbocycles. The van der Waals surface area contributed by atoms with Crippen molar-refractivity contribution in [3.05, 3.63) is 35.9 Å². The van der Waals surface area contributed by atoms with E-state index < -0.39 is 21.8 Å². The van der Waals surface area contributed by atoms with Crippen LogP contribution in [0.2, 0.25) is 0 Å². The molecular formula is C14H18N2O5S. The lowest BCUT2D eigenvalue weighted by Crippen LogP contribution is -2.39. The Hall–Kier alpha value is -1.93. The third-order valence-corrected chi connectivity index (χ3v) is 4.22. The first-order valence-corrected chi connectivity index (χ1v) is 8.50. The molecule has 2 N–H and O–H groups in total. The molecule has 1 atom stereocenters. The van der Waals surface area contributed by atoms with E-state index in [1.165, 1.54) is 4.90 Å². The minimum atomic E-state index is -4.10. The first-order valence-electron chi connectivity index (χ1n) is 6.90. The minimum Gasteiger partial charge on any atom is -0.353 e. The summed E-state index contributed by atoms with van der Waals surface area (Å²) in [4.78, 5) is 25.1. The second-order valence-corrected chi connectivity index (χ2v) is 6.79. The smallest absolute Gasteiger partial charge is 0.266 e. The van der Waals surface area contributed by atoms with Gasteiger partial charge in [0.25, 0.3) is 10.1 Å². The van der Waals surface area contributed by atoms with Crippen LogP contribution < -0.4 is 5.32 Å².